The topological polar surface area (TPSA) is 90.2 Å². The smallest absolute Gasteiger partial charge is 0.318 e. The van der Waals surface area contributed by atoms with Crippen molar-refractivity contribution < 1.29 is 4.79 Å². The largest absolute Gasteiger partial charge is 0.336 e. The third kappa shape index (κ3) is 4.20. The molecule has 106 valence electrons. The van der Waals surface area contributed by atoms with Crippen molar-refractivity contribution in [3.8, 4) is 0 Å². The fourth-order valence-electron chi connectivity index (χ4n) is 1.48. The van der Waals surface area contributed by atoms with Crippen LogP contribution in [0.1, 0.15) is 13.8 Å². The van der Waals surface area contributed by atoms with E-state index >= 15 is 0 Å². The number of carbonyl (C=O) groups excluding carboxylic acids is 1. The van der Waals surface area contributed by atoms with Crippen molar-refractivity contribution in [2.24, 2.45) is 15.2 Å². The molecule has 7 nitrogen and oxygen atoms in total. The van der Waals surface area contributed by atoms with Crippen LogP contribution in [0, 0.1) is 0 Å². The molecule has 0 fully saturated rings. The van der Waals surface area contributed by atoms with Crippen LogP contribution in [0.4, 0.5) is 10.5 Å². The Morgan fingerprint density at radius 2 is 2.00 bits per heavy atom. The summed E-state index contributed by atoms with van der Waals surface area (Å²) >= 11 is 5.80. The molecule has 20 heavy (non-hydrogen) atoms. The molecule has 1 aliphatic heterocycles. The zero-order valence-corrected chi connectivity index (χ0v) is 11.8. The van der Waals surface area contributed by atoms with Crippen LogP contribution < -0.4 is 16.0 Å². The first-order valence-corrected chi connectivity index (χ1v) is 6.49. The molecule has 2 rings (SSSR count). The Kier molecular flexibility index (Phi) is 4.52. The molecule has 0 spiro atoms. The van der Waals surface area contributed by atoms with Crippen molar-refractivity contribution in [3.63, 3.8) is 0 Å². The maximum absolute atomic E-state index is 11.5. The molecule has 1 atom stereocenters. The van der Waals surface area contributed by atoms with E-state index in [0.717, 1.165) is 5.69 Å². The molecule has 0 bridgehead atoms. The fourth-order valence-corrected chi connectivity index (χ4v) is 1.60. The SMILES string of the molecule is CC(C)NC(=O)NC1N=NC(Nc2ccc(Cl)cc2)=N1. The molecule has 0 saturated heterocycles. The van der Waals surface area contributed by atoms with Crippen molar-refractivity contribution in [3.05, 3.63) is 29.3 Å². The molecule has 1 unspecified atom stereocenters. The van der Waals surface area contributed by atoms with E-state index < -0.39 is 6.29 Å². The average molecular weight is 295 g/mol. The number of amides is 2. The van der Waals surface area contributed by atoms with Gasteiger partial charge in [-0.1, -0.05) is 11.6 Å². The van der Waals surface area contributed by atoms with Gasteiger partial charge in [0.1, 0.15) is 0 Å². The summed E-state index contributed by atoms with van der Waals surface area (Å²) in [6.07, 6.45) is -0.705. The van der Waals surface area contributed by atoms with Gasteiger partial charge in [0.05, 0.1) is 0 Å². The second-order valence-electron chi connectivity index (χ2n) is 4.45. The second kappa shape index (κ2) is 6.33. The van der Waals surface area contributed by atoms with E-state index in [-0.39, 0.29) is 12.1 Å². The first-order chi connectivity index (χ1) is 9.52. The van der Waals surface area contributed by atoms with E-state index in [2.05, 4.69) is 31.2 Å². The number of nitrogens with one attached hydrogen (secondary N) is 3. The van der Waals surface area contributed by atoms with Crippen molar-refractivity contribution in [1.29, 1.82) is 0 Å². The lowest BCUT2D eigenvalue weighted by atomic mass is 10.3. The van der Waals surface area contributed by atoms with Crippen LogP contribution >= 0.6 is 11.6 Å². The summed E-state index contributed by atoms with van der Waals surface area (Å²) in [7, 11) is 0. The van der Waals surface area contributed by atoms with Crippen LogP contribution in [-0.2, 0) is 0 Å². The Labute approximate surface area is 121 Å². The van der Waals surface area contributed by atoms with Crippen molar-refractivity contribution in [1.82, 2.24) is 10.6 Å². The normalized spacial score (nSPS) is 17.0. The number of benzene rings is 1. The van der Waals surface area contributed by atoms with Crippen molar-refractivity contribution in [2.45, 2.75) is 26.2 Å². The summed E-state index contributed by atoms with van der Waals surface area (Å²) in [5.74, 6) is 0.335. The van der Waals surface area contributed by atoms with Gasteiger partial charge in [-0.05, 0) is 38.1 Å². The highest BCUT2D eigenvalue weighted by molar-refractivity contribution is 6.30. The van der Waals surface area contributed by atoms with Crippen molar-refractivity contribution in [2.75, 3.05) is 5.32 Å². The van der Waals surface area contributed by atoms with Gasteiger partial charge in [-0.2, -0.15) is 4.99 Å². The molecule has 1 heterocycles. The van der Waals surface area contributed by atoms with Gasteiger partial charge in [-0.15, -0.1) is 10.2 Å². The summed E-state index contributed by atoms with van der Waals surface area (Å²) in [5, 5.41) is 16.6. The summed E-state index contributed by atoms with van der Waals surface area (Å²) in [5.41, 5.74) is 0.791. The van der Waals surface area contributed by atoms with E-state index in [1.807, 2.05) is 13.8 Å². The van der Waals surface area contributed by atoms with Crippen molar-refractivity contribution >= 4 is 29.3 Å². The Morgan fingerprint density at radius 1 is 1.30 bits per heavy atom. The number of rotatable bonds is 3. The van der Waals surface area contributed by atoms with Crippen LogP contribution in [0.5, 0.6) is 0 Å². The number of halogens is 1. The Hall–Kier alpha value is -2.15. The van der Waals surface area contributed by atoms with E-state index in [0.29, 0.717) is 11.0 Å². The van der Waals surface area contributed by atoms with Gasteiger partial charge < -0.3 is 10.6 Å². The number of azo groups is 1. The highest BCUT2D eigenvalue weighted by atomic mass is 35.5. The Morgan fingerprint density at radius 3 is 2.65 bits per heavy atom. The Balaban J connectivity index is 1.89. The van der Waals surface area contributed by atoms with Gasteiger partial charge in [0.15, 0.2) is 0 Å². The first kappa shape index (κ1) is 14.3. The molecule has 0 saturated carbocycles. The quantitative estimate of drug-likeness (QED) is 0.799. The summed E-state index contributed by atoms with van der Waals surface area (Å²) in [6, 6.07) is 6.81. The molecule has 0 aromatic heterocycles. The number of carbonyl (C=O) groups is 1. The minimum atomic E-state index is -0.705. The zero-order chi connectivity index (χ0) is 14.5. The fraction of sp³-hybridized carbons (Fsp3) is 0.333. The monoisotopic (exact) mass is 294 g/mol. The van der Waals surface area contributed by atoms with Crippen LogP contribution in [0.15, 0.2) is 39.5 Å². The lowest BCUT2D eigenvalue weighted by Gasteiger charge is -2.10. The average Bonchev–Trinajstić information content (AvgIpc) is 2.78. The lowest BCUT2D eigenvalue weighted by molar-refractivity contribution is 0.235. The number of guanidine groups is 1. The summed E-state index contributed by atoms with van der Waals surface area (Å²) in [6.45, 7) is 3.74. The van der Waals surface area contributed by atoms with Gasteiger partial charge in [-0.25, -0.2) is 4.79 Å². The van der Waals surface area contributed by atoms with E-state index in [1.165, 1.54) is 0 Å². The maximum atomic E-state index is 11.5. The standard InChI is InChI=1S/C12H15ClN6O/c1-7(2)14-12(20)17-11-16-10(18-19-11)15-9-5-3-8(13)4-6-9/h3-7,11H,1-2H3,(H,15,16)(H2,14,17,20). The zero-order valence-electron chi connectivity index (χ0n) is 11.1. The predicted octanol–water partition coefficient (Wildman–Crippen LogP) is 2.56. The number of aliphatic imine (C=N–C) groups is 1. The third-order valence-electron chi connectivity index (χ3n) is 2.29. The lowest BCUT2D eigenvalue weighted by Crippen LogP contribution is -2.43. The molecular formula is C12H15ClN6O. The number of hydrogen-bond acceptors (Lipinski definition) is 5. The number of hydrogen-bond donors (Lipinski definition) is 3. The molecule has 3 N–H and O–H groups in total. The molecule has 0 aliphatic carbocycles. The van der Waals surface area contributed by atoms with Gasteiger partial charge in [-0.3, -0.25) is 5.32 Å². The highest BCUT2D eigenvalue weighted by Crippen LogP contribution is 2.14. The molecule has 0 radical (unpaired) electrons. The van der Waals surface area contributed by atoms with Gasteiger partial charge in [0.2, 0.25) is 12.2 Å². The summed E-state index contributed by atoms with van der Waals surface area (Å²) < 4.78 is 0. The molecule has 1 aromatic carbocycles. The van der Waals surface area contributed by atoms with Crippen LogP contribution in [0.25, 0.3) is 0 Å². The number of nitrogens with zero attached hydrogens (tertiary/aromatic N) is 3. The summed E-state index contributed by atoms with van der Waals surface area (Å²) in [4.78, 5) is 15.6. The number of anilines is 1. The number of urea groups is 1. The van der Waals surface area contributed by atoms with Crippen LogP contribution in [0.3, 0.4) is 0 Å². The Bertz CT molecular complexity index is 539. The predicted molar refractivity (Wildman–Crippen MR) is 78.0 cm³/mol. The van der Waals surface area contributed by atoms with E-state index in [1.54, 1.807) is 24.3 Å². The maximum Gasteiger partial charge on any atom is 0.318 e. The third-order valence-corrected chi connectivity index (χ3v) is 2.54. The van der Waals surface area contributed by atoms with Gasteiger partial charge in [0, 0.05) is 16.8 Å². The van der Waals surface area contributed by atoms with Gasteiger partial charge >= 0.3 is 6.03 Å². The molecular weight excluding hydrogens is 280 g/mol. The molecule has 1 aromatic rings. The second-order valence-corrected chi connectivity index (χ2v) is 4.88. The minimum Gasteiger partial charge on any atom is -0.336 e. The highest BCUT2D eigenvalue weighted by Gasteiger charge is 2.16. The molecule has 2 amide bonds. The first-order valence-electron chi connectivity index (χ1n) is 6.11. The van der Waals surface area contributed by atoms with E-state index in [9.17, 15) is 4.79 Å². The molecule has 1 aliphatic rings. The van der Waals surface area contributed by atoms with Crippen LogP contribution in [-0.4, -0.2) is 24.3 Å². The minimum absolute atomic E-state index is 0.0454. The van der Waals surface area contributed by atoms with Gasteiger partial charge in [0.25, 0.3) is 0 Å². The molecule has 8 heteroatoms. The van der Waals surface area contributed by atoms with E-state index in [4.69, 9.17) is 11.6 Å². The van der Waals surface area contributed by atoms with Crippen LogP contribution in [0.2, 0.25) is 5.02 Å².